The topological polar surface area (TPSA) is 61.0 Å². The molecule has 0 aromatic carbocycles. The van der Waals surface area contributed by atoms with Crippen LogP contribution in [0.2, 0.25) is 0 Å². The molecule has 0 bridgehead atoms. The minimum Gasteiger partial charge on any atom is -0.481 e. The van der Waals surface area contributed by atoms with Crippen molar-refractivity contribution >= 4 is 0 Å². The van der Waals surface area contributed by atoms with Gasteiger partial charge in [-0.15, -0.1) is 0 Å². The Morgan fingerprint density at radius 1 is 1.24 bits per heavy atom. The highest BCUT2D eigenvalue weighted by atomic mass is 16.5. The fraction of sp³-hybridized carbons (Fsp3) is 0.231. The van der Waals surface area contributed by atoms with Crippen LogP contribution in [0.4, 0.5) is 0 Å². The van der Waals surface area contributed by atoms with E-state index in [9.17, 15) is 0 Å². The van der Waals surface area contributed by atoms with Crippen LogP contribution in [0.1, 0.15) is 22.9 Å². The Labute approximate surface area is 100 Å². The van der Waals surface area contributed by atoms with Crippen molar-refractivity contribution in [3.05, 3.63) is 53.5 Å². The molecule has 4 heteroatoms. The molecule has 0 aliphatic carbocycles. The van der Waals surface area contributed by atoms with Crippen LogP contribution in [0, 0.1) is 6.92 Å². The average molecular weight is 229 g/mol. The third kappa shape index (κ3) is 2.42. The van der Waals surface area contributed by atoms with Crippen LogP contribution in [0.3, 0.4) is 0 Å². The van der Waals surface area contributed by atoms with Gasteiger partial charge in [0.1, 0.15) is 0 Å². The molecule has 2 aromatic rings. The van der Waals surface area contributed by atoms with Gasteiger partial charge in [0, 0.05) is 23.7 Å². The molecule has 17 heavy (non-hydrogen) atoms. The Kier molecular flexibility index (Phi) is 3.35. The number of nitrogens with two attached hydrogens (primary N) is 1. The van der Waals surface area contributed by atoms with E-state index in [4.69, 9.17) is 10.5 Å². The first kappa shape index (κ1) is 11.5. The third-order valence-corrected chi connectivity index (χ3v) is 2.62. The summed E-state index contributed by atoms with van der Waals surface area (Å²) in [5.74, 6) is 0.556. The zero-order chi connectivity index (χ0) is 12.3. The first-order chi connectivity index (χ1) is 8.22. The molecule has 88 valence electrons. The summed E-state index contributed by atoms with van der Waals surface area (Å²) in [6.45, 7) is 1.94. The van der Waals surface area contributed by atoms with Crippen molar-refractivity contribution in [2.24, 2.45) is 5.73 Å². The van der Waals surface area contributed by atoms with Gasteiger partial charge < -0.3 is 10.5 Å². The summed E-state index contributed by atoms with van der Waals surface area (Å²) in [7, 11) is 1.59. The molecule has 0 saturated carbocycles. The van der Waals surface area contributed by atoms with Crippen molar-refractivity contribution in [1.29, 1.82) is 0 Å². The maximum atomic E-state index is 6.18. The molecule has 0 spiro atoms. The summed E-state index contributed by atoms with van der Waals surface area (Å²) in [5, 5.41) is 0. The molecule has 2 rings (SSSR count). The van der Waals surface area contributed by atoms with Crippen LogP contribution in [0.5, 0.6) is 5.88 Å². The van der Waals surface area contributed by atoms with Gasteiger partial charge in [-0.2, -0.15) is 0 Å². The first-order valence-electron chi connectivity index (χ1n) is 5.39. The van der Waals surface area contributed by atoms with Gasteiger partial charge in [0.25, 0.3) is 0 Å². The molecule has 1 atom stereocenters. The zero-order valence-electron chi connectivity index (χ0n) is 9.92. The lowest BCUT2D eigenvalue weighted by atomic mass is 10.0. The lowest BCUT2D eigenvalue weighted by molar-refractivity contribution is 0.390. The predicted molar refractivity (Wildman–Crippen MR) is 65.8 cm³/mol. The number of hydrogen-bond donors (Lipinski definition) is 1. The average Bonchev–Trinajstić information content (AvgIpc) is 2.39. The number of aryl methyl sites for hydroxylation is 1. The van der Waals surface area contributed by atoms with Gasteiger partial charge >= 0.3 is 0 Å². The minimum absolute atomic E-state index is 0.272. The van der Waals surface area contributed by atoms with Gasteiger partial charge in [-0.3, -0.25) is 4.98 Å². The van der Waals surface area contributed by atoms with E-state index >= 15 is 0 Å². The SMILES string of the molecule is COc1ncccc1C(N)c1ccc(C)nc1. The maximum absolute atomic E-state index is 6.18. The molecule has 2 heterocycles. The van der Waals surface area contributed by atoms with E-state index in [-0.39, 0.29) is 6.04 Å². The number of ether oxygens (including phenoxy) is 1. The molecular weight excluding hydrogens is 214 g/mol. The standard InChI is InChI=1S/C13H15N3O/c1-9-5-6-10(8-16-9)12(14)11-4-3-7-15-13(11)17-2/h3-8,12H,14H2,1-2H3. The van der Waals surface area contributed by atoms with Crippen LogP contribution < -0.4 is 10.5 Å². The van der Waals surface area contributed by atoms with E-state index in [2.05, 4.69) is 9.97 Å². The van der Waals surface area contributed by atoms with Crippen molar-refractivity contribution in [3.63, 3.8) is 0 Å². The van der Waals surface area contributed by atoms with E-state index in [0.717, 1.165) is 16.8 Å². The van der Waals surface area contributed by atoms with Gasteiger partial charge in [-0.05, 0) is 24.6 Å². The van der Waals surface area contributed by atoms with Crippen LogP contribution >= 0.6 is 0 Å². The number of nitrogens with zero attached hydrogens (tertiary/aromatic N) is 2. The Bertz CT molecular complexity index is 496. The van der Waals surface area contributed by atoms with Crippen molar-refractivity contribution < 1.29 is 4.74 Å². The van der Waals surface area contributed by atoms with Crippen molar-refractivity contribution in [2.45, 2.75) is 13.0 Å². The molecule has 1 unspecified atom stereocenters. The highest BCUT2D eigenvalue weighted by Crippen LogP contribution is 2.25. The second kappa shape index (κ2) is 4.93. The molecular formula is C13H15N3O. The van der Waals surface area contributed by atoms with Gasteiger partial charge in [0.15, 0.2) is 0 Å². The van der Waals surface area contributed by atoms with E-state index < -0.39 is 0 Å². The normalized spacial score (nSPS) is 12.2. The van der Waals surface area contributed by atoms with Crippen LogP contribution in [-0.2, 0) is 0 Å². The van der Waals surface area contributed by atoms with Gasteiger partial charge in [-0.25, -0.2) is 4.98 Å². The van der Waals surface area contributed by atoms with Crippen molar-refractivity contribution in [1.82, 2.24) is 9.97 Å². The second-order valence-electron chi connectivity index (χ2n) is 3.81. The summed E-state index contributed by atoms with van der Waals surface area (Å²) >= 11 is 0. The van der Waals surface area contributed by atoms with E-state index in [1.54, 1.807) is 19.5 Å². The van der Waals surface area contributed by atoms with E-state index in [1.165, 1.54) is 0 Å². The number of hydrogen-bond acceptors (Lipinski definition) is 4. The fourth-order valence-electron chi connectivity index (χ4n) is 1.65. The quantitative estimate of drug-likeness (QED) is 0.872. The summed E-state index contributed by atoms with van der Waals surface area (Å²) in [4.78, 5) is 8.38. The highest BCUT2D eigenvalue weighted by molar-refractivity contribution is 5.36. The lowest BCUT2D eigenvalue weighted by Crippen LogP contribution is -2.14. The van der Waals surface area contributed by atoms with Crippen LogP contribution in [0.25, 0.3) is 0 Å². The molecule has 0 fully saturated rings. The highest BCUT2D eigenvalue weighted by Gasteiger charge is 2.14. The predicted octanol–water partition coefficient (Wildman–Crippen LogP) is 1.84. The number of rotatable bonds is 3. The van der Waals surface area contributed by atoms with E-state index in [0.29, 0.717) is 5.88 Å². The molecule has 0 aliphatic heterocycles. The fourth-order valence-corrected chi connectivity index (χ4v) is 1.65. The summed E-state index contributed by atoms with van der Waals surface area (Å²) in [5.41, 5.74) is 8.96. The van der Waals surface area contributed by atoms with E-state index in [1.807, 2.05) is 31.2 Å². The van der Waals surface area contributed by atoms with Gasteiger partial charge in [0.05, 0.1) is 13.2 Å². The molecule has 2 aromatic heterocycles. The maximum Gasteiger partial charge on any atom is 0.218 e. The molecule has 2 N–H and O–H groups in total. The number of pyridine rings is 2. The summed E-state index contributed by atoms with van der Waals surface area (Å²) < 4.78 is 5.20. The summed E-state index contributed by atoms with van der Waals surface area (Å²) in [6, 6.07) is 7.40. The van der Waals surface area contributed by atoms with Gasteiger partial charge in [-0.1, -0.05) is 12.1 Å². The minimum atomic E-state index is -0.272. The Hall–Kier alpha value is -1.94. The first-order valence-corrected chi connectivity index (χ1v) is 5.39. The molecule has 0 aliphatic rings. The Morgan fingerprint density at radius 2 is 2.06 bits per heavy atom. The zero-order valence-corrected chi connectivity index (χ0v) is 9.92. The smallest absolute Gasteiger partial charge is 0.218 e. The summed E-state index contributed by atoms with van der Waals surface area (Å²) in [6.07, 6.45) is 3.47. The Balaban J connectivity index is 2.36. The Morgan fingerprint density at radius 3 is 2.71 bits per heavy atom. The third-order valence-electron chi connectivity index (χ3n) is 2.62. The van der Waals surface area contributed by atoms with Crippen molar-refractivity contribution in [2.75, 3.05) is 7.11 Å². The molecule has 4 nitrogen and oxygen atoms in total. The molecule has 0 saturated heterocycles. The molecule has 0 radical (unpaired) electrons. The van der Waals surface area contributed by atoms with Gasteiger partial charge in [0.2, 0.25) is 5.88 Å². The van der Waals surface area contributed by atoms with Crippen LogP contribution in [-0.4, -0.2) is 17.1 Å². The number of methoxy groups -OCH3 is 1. The lowest BCUT2D eigenvalue weighted by Gasteiger charge is -2.14. The van der Waals surface area contributed by atoms with Crippen molar-refractivity contribution in [3.8, 4) is 5.88 Å². The monoisotopic (exact) mass is 229 g/mol. The number of aromatic nitrogens is 2. The van der Waals surface area contributed by atoms with Crippen LogP contribution in [0.15, 0.2) is 36.7 Å². The molecule has 0 amide bonds. The largest absolute Gasteiger partial charge is 0.481 e. The second-order valence-corrected chi connectivity index (χ2v) is 3.81.